The monoisotopic (exact) mass is 299 g/mol. The van der Waals surface area contributed by atoms with Crippen LogP contribution < -0.4 is 5.32 Å². The largest absolute Gasteiger partial charge is 0.350 e. The predicted octanol–water partition coefficient (Wildman–Crippen LogP) is 2.64. The van der Waals surface area contributed by atoms with Crippen LogP contribution in [-0.2, 0) is 12.8 Å². The number of aromatic nitrogens is 2. The summed E-state index contributed by atoms with van der Waals surface area (Å²) in [5.74, 6) is 0.303. The molecule has 4 rings (SSSR count). The average Bonchev–Trinajstić information content (AvgIpc) is 3.10. The fourth-order valence-electron chi connectivity index (χ4n) is 3.06. The lowest BCUT2D eigenvalue weighted by Gasteiger charge is -2.05. The Morgan fingerprint density at radius 2 is 2.05 bits per heavy atom. The van der Waals surface area contributed by atoms with Crippen molar-refractivity contribution >= 4 is 5.91 Å². The molecular weight excluding hydrogens is 281 g/mol. The Morgan fingerprint density at radius 3 is 2.77 bits per heavy atom. The van der Waals surface area contributed by atoms with Crippen molar-refractivity contribution in [1.29, 1.82) is 0 Å². The molecule has 1 aromatic heterocycles. The molecule has 1 heterocycles. The van der Waals surface area contributed by atoms with Crippen molar-refractivity contribution in [1.82, 2.24) is 15.1 Å². The van der Waals surface area contributed by atoms with Crippen LogP contribution in [0.1, 0.15) is 41.0 Å². The molecule has 0 atom stereocenters. The van der Waals surface area contributed by atoms with Crippen LogP contribution in [0, 0.1) is 11.7 Å². The lowest BCUT2D eigenvalue weighted by Crippen LogP contribution is -2.26. The first-order valence-electron chi connectivity index (χ1n) is 7.87. The molecule has 22 heavy (non-hydrogen) atoms. The van der Waals surface area contributed by atoms with Crippen LogP contribution in [0.15, 0.2) is 24.3 Å². The normalized spacial score (nSPS) is 16.6. The molecule has 0 spiro atoms. The maximum atomic E-state index is 13.1. The van der Waals surface area contributed by atoms with Gasteiger partial charge in [0.05, 0.1) is 5.69 Å². The van der Waals surface area contributed by atoms with Gasteiger partial charge in [0.15, 0.2) is 5.69 Å². The van der Waals surface area contributed by atoms with E-state index in [1.54, 1.807) is 16.8 Å². The van der Waals surface area contributed by atoms with Crippen molar-refractivity contribution in [3.8, 4) is 5.69 Å². The Hall–Kier alpha value is -2.17. The van der Waals surface area contributed by atoms with E-state index in [1.165, 1.54) is 25.0 Å². The SMILES string of the molecule is O=C(NCC1CC1)c1nn(-c2ccc(F)cc2)c2c1CCC2. The molecule has 2 aliphatic carbocycles. The van der Waals surface area contributed by atoms with Gasteiger partial charge in [0.25, 0.3) is 5.91 Å². The third-order valence-electron chi connectivity index (χ3n) is 4.46. The van der Waals surface area contributed by atoms with Gasteiger partial charge >= 0.3 is 0 Å². The number of rotatable bonds is 4. The molecule has 1 N–H and O–H groups in total. The molecular formula is C17H18FN3O. The molecule has 0 bridgehead atoms. The number of hydrogen-bond acceptors (Lipinski definition) is 2. The quantitative estimate of drug-likeness (QED) is 0.943. The minimum Gasteiger partial charge on any atom is -0.350 e. The van der Waals surface area contributed by atoms with Gasteiger partial charge in [-0.1, -0.05) is 0 Å². The number of carbonyl (C=O) groups is 1. The molecule has 0 saturated heterocycles. The van der Waals surface area contributed by atoms with Crippen LogP contribution in [0.25, 0.3) is 5.69 Å². The van der Waals surface area contributed by atoms with E-state index < -0.39 is 0 Å². The van der Waals surface area contributed by atoms with Crippen LogP contribution in [0.3, 0.4) is 0 Å². The van der Waals surface area contributed by atoms with E-state index in [0.29, 0.717) is 11.6 Å². The Bertz CT molecular complexity index is 716. The Labute approximate surface area is 128 Å². The predicted molar refractivity (Wildman–Crippen MR) is 80.6 cm³/mol. The summed E-state index contributed by atoms with van der Waals surface area (Å²) in [6.07, 6.45) is 5.26. The van der Waals surface area contributed by atoms with Crippen LogP contribution in [0.5, 0.6) is 0 Å². The van der Waals surface area contributed by atoms with Crippen molar-refractivity contribution in [2.75, 3.05) is 6.54 Å². The van der Waals surface area contributed by atoms with Crippen molar-refractivity contribution in [3.05, 3.63) is 47.0 Å². The van der Waals surface area contributed by atoms with E-state index in [-0.39, 0.29) is 11.7 Å². The van der Waals surface area contributed by atoms with E-state index in [2.05, 4.69) is 10.4 Å². The van der Waals surface area contributed by atoms with Gasteiger partial charge in [0.1, 0.15) is 5.82 Å². The Kier molecular flexibility index (Phi) is 3.21. The minimum absolute atomic E-state index is 0.0779. The van der Waals surface area contributed by atoms with E-state index in [1.807, 2.05) is 0 Å². The summed E-state index contributed by atoms with van der Waals surface area (Å²) < 4.78 is 14.9. The van der Waals surface area contributed by atoms with Gasteiger partial charge in [-0.15, -0.1) is 0 Å². The second kappa shape index (κ2) is 5.23. The second-order valence-electron chi connectivity index (χ2n) is 6.17. The lowest BCUT2D eigenvalue weighted by atomic mass is 10.2. The summed E-state index contributed by atoms with van der Waals surface area (Å²) in [4.78, 5) is 12.4. The zero-order chi connectivity index (χ0) is 15.1. The van der Waals surface area contributed by atoms with Crippen molar-refractivity contribution in [2.45, 2.75) is 32.1 Å². The highest BCUT2D eigenvalue weighted by atomic mass is 19.1. The highest BCUT2D eigenvalue weighted by Gasteiger charge is 2.28. The first-order valence-corrected chi connectivity index (χ1v) is 7.87. The summed E-state index contributed by atoms with van der Waals surface area (Å²) in [7, 11) is 0. The average molecular weight is 299 g/mol. The summed E-state index contributed by atoms with van der Waals surface area (Å²) in [6, 6.07) is 6.25. The van der Waals surface area contributed by atoms with Gasteiger partial charge in [0.2, 0.25) is 0 Å². The molecule has 1 fully saturated rings. The van der Waals surface area contributed by atoms with Crippen LogP contribution in [-0.4, -0.2) is 22.2 Å². The van der Waals surface area contributed by atoms with Crippen LogP contribution in [0.2, 0.25) is 0 Å². The number of halogens is 1. The third kappa shape index (κ3) is 2.40. The summed E-state index contributed by atoms with van der Waals surface area (Å²) in [6.45, 7) is 0.747. The fraction of sp³-hybridized carbons (Fsp3) is 0.412. The van der Waals surface area contributed by atoms with Gasteiger partial charge in [-0.3, -0.25) is 4.79 Å². The molecule has 0 aliphatic heterocycles. The fourth-order valence-corrected chi connectivity index (χ4v) is 3.06. The number of carbonyl (C=O) groups excluding carboxylic acids is 1. The molecule has 2 aliphatic rings. The molecule has 0 unspecified atom stereocenters. The maximum absolute atomic E-state index is 13.1. The lowest BCUT2D eigenvalue weighted by molar-refractivity contribution is 0.0945. The smallest absolute Gasteiger partial charge is 0.272 e. The van der Waals surface area contributed by atoms with E-state index in [0.717, 1.165) is 42.8 Å². The summed E-state index contributed by atoms with van der Waals surface area (Å²) in [5, 5.41) is 7.50. The molecule has 0 radical (unpaired) electrons. The van der Waals surface area contributed by atoms with Crippen molar-refractivity contribution in [2.24, 2.45) is 5.92 Å². The van der Waals surface area contributed by atoms with E-state index in [9.17, 15) is 9.18 Å². The third-order valence-corrected chi connectivity index (χ3v) is 4.46. The van der Waals surface area contributed by atoms with Crippen molar-refractivity contribution in [3.63, 3.8) is 0 Å². The first-order chi connectivity index (χ1) is 10.7. The van der Waals surface area contributed by atoms with Gasteiger partial charge in [-0.2, -0.15) is 5.10 Å². The minimum atomic E-state index is -0.269. The first kappa shape index (κ1) is 13.5. The standard InChI is InChI=1S/C17H18FN3O/c18-12-6-8-13(9-7-12)21-15-3-1-2-14(15)16(20-21)17(22)19-10-11-4-5-11/h6-9,11H,1-5,10H2,(H,19,22). The highest BCUT2D eigenvalue weighted by molar-refractivity contribution is 5.94. The van der Waals surface area contributed by atoms with E-state index >= 15 is 0 Å². The molecule has 114 valence electrons. The zero-order valence-corrected chi connectivity index (χ0v) is 12.3. The number of hydrogen-bond donors (Lipinski definition) is 1. The van der Waals surface area contributed by atoms with Gasteiger partial charge in [0, 0.05) is 17.8 Å². The number of nitrogens with zero attached hydrogens (tertiary/aromatic N) is 2. The Morgan fingerprint density at radius 1 is 1.27 bits per heavy atom. The summed E-state index contributed by atoms with van der Waals surface area (Å²) >= 11 is 0. The second-order valence-corrected chi connectivity index (χ2v) is 6.17. The Balaban J connectivity index is 1.66. The topological polar surface area (TPSA) is 46.9 Å². The number of fused-ring (bicyclic) bond motifs is 1. The number of nitrogens with one attached hydrogen (secondary N) is 1. The molecule has 4 nitrogen and oxygen atoms in total. The number of amides is 1. The highest BCUT2D eigenvalue weighted by Crippen LogP contribution is 2.29. The molecule has 1 amide bonds. The van der Waals surface area contributed by atoms with Crippen molar-refractivity contribution < 1.29 is 9.18 Å². The van der Waals surface area contributed by atoms with Gasteiger partial charge in [-0.05, 0) is 62.3 Å². The maximum Gasteiger partial charge on any atom is 0.272 e. The van der Waals surface area contributed by atoms with E-state index in [4.69, 9.17) is 0 Å². The molecule has 1 aromatic carbocycles. The number of benzene rings is 1. The molecule has 2 aromatic rings. The molecule has 1 saturated carbocycles. The van der Waals surface area contributed by atoms with Gasteiger partial charge < -0.3 is 5.32 Å². The zero-order valence-electron chi connectivity index (χ0n) is 12.3. The van der Waals surface area contributed by atoms with Crippen LogP contribution in [0.4, 0.5) is 4.39 Å². The van der Waals surface area contributed by atoms with Crippen LogP contribution >= 0.6 is 0 Å². The van der Waals surface area contributed by atoms with Gasteiger partial charge in [-0.25, -0.2) is 9.07 Å². The summed E-state index contributed by atoms with van der Waals surface area (Å²) in [5.41, 5.74) is 3.49. The molecule has 5 heteroatoms.